The maximum atomic E-state index is 12.3. The van der Waals surface area contributed by atoms with E-state index in [1.54, 1.807) is 25.2 Å². The number of rotatable bonds is 5. The van der Waals surface area contributed by atoms with Crippen molar-refractivity contribution in [3.05, 3.63) is 77.6 Å². The molecule has 0 saturated heterocycles. The standard InChI is InChI=1S/C20H22N4O/c1-15-9-10-17(13-18(15)20(25)23(2)3)21-14-16-7-4-5-8-19(16)24-12-6-11-22-24/h4-13,21H,14H2,1-3H3. The molecule has 3 rings (SSSR count). The molecule has 0 aliphatic heterocycles. The molecule has 5 nitrogen and oxygen atoms in total. The molecule has 1 heterocycles. The third kappa shape index (κ3) is 3.71. The van der Waals surface area contributed by atoms with E-state index in [4.69, 9.17) is 0 Å². The van der Waals surface area contributed by atoms with E-state index in [9.17, 15) is 4.79 Å². The Kier molecular flexibility index (Phi) is 4.84. The Hall–Kier alpha value is -3.08. The highest BCUT2D eigenvalue weighted by molar-refractivity contribution is 5.96. The highest BCUT2D eigenvalue weighted by atomic mass is 16.2. The molecule has 0 aliphatic carbocycles. The molecule has 1 amide bonds. The van der Waals surface area contributed by atoms with Gasteiger partial charge in [-0.1, -0.05) is 24.3 Å². The number of benzene rings is 2. The highest BCUT2D eigenvalue weighted by Crippen LogP contribution is 2.19. The van der Waals surface area contributed by atoms with Gasteiger partial charge in [-0.25, -0.2) is 4.68 Å². The van der Waals surface area contributed by atoms with Crippen LogP contribution in [0.5, 0.6) is 0 Å². The summed E-state index contributed by atoms with van der Waals surface area (Å²) in [5, 5.41) is 7.72. The Bertz CT molecular complexity index is 869. The second-order valence-electron chi connectivity index (χ2n) is 6.16. The first-order valence-corrected chi connectivity index (χ1v) is 8.20. The number of anilines is 1. The van der Waals surface area contributed by atoms with Crippen LogP contribution >= 0.6 is 0 Å². The smallest absolute Gasteiger partial charge is 0.253 e. The summed E-state index contributed by atoms with van der Waals surface area (Å²) in [4.78, 5) is 13.9. The predicted octanol–water partition coefficient (Wildman–Crippen LogP) is 3.49. The maximum Gasteiger partial charge on any atom is 0.253 e. The van der Waals surface area contributed by atoms with Crippen molar-refractivity contribution in [2.24, 2.45) is 0 Å². The summed E-state index contributed by atoms with van der Waals surface area (Å²) >= 11 is 0. The Labute approximate surface area is 147 Å². The van der Waals surface area contributed by atoms with Crippen LogP contribution in [0.25, 0.3) is 5.69 Å². The van der Waals surface area contributed by atoms with Gasteiger partial charge in [0.25, 0.3) is 5.91 Å². The lowest BCUT2D eigenvalue weighted by atomic mass is 10.1. The molecule has 1 aromatic heterocycles. The number of amides is 1. The molecule has 0 fully saturated rings. The van der Waals surface area contributed by atoms with E-state index in [-0.39, 0.29) is 5.91 Å². The predicted molar refractivity (Wildman–Crippen MR) is 100 cm³/mol. The fourth-order valence-electron chi connectivity index (χ4n) is 2.70. The van der Waals surface area contributed by atoms with Crippen LogP contribution in [-0.2, 0) is 6.54 Å². The van der Waals surface area contributed by atoms with E-state index >= 15 is 0 Å². The van der Waals surface area contributed by atoms with Crippen LogP contribution in [0, 0.1) is 6.92 Å². The number of nitrogens with zero attached hydrogens (tertiary/aromatic N) is 3. The van der Waals surface area contributed by atoms with Crippen LogP contribution in [0.1, 0.15) is 21.5 Å². The number of carbonyl (C=O) groups is 1. The van der Waals surface area contributed by atoms with Gasteiger partial charge >= 0.3 is 0 Å². The Morgan fingerprint density at radius 3 is 2.68 bits per heavy atom. The van der Waals surface area contributed by atoms with Gasteiger partial charge < -0.3 is 10.2 Å². The van der Waals surface area contributed by atoms with Gasteiger partial charge in [0.15, 0.2) is 0 Å². The minimum absolute atomic E-state index is 0.0121. The summed E-state index contributed by atoms with van der Waals surface area (Å²) in [7, 11) is 3.53. The van der Waals surface area contributed by atoms with E-state index < -0.39 is 0 Å². The van der Waals surface area contributed by atoms with Crippen molar-refractivity contribution >= 4 is 11.6 Å². The molecule has 0 atom stereocenters. The normalized spacial score (nSPS) is 10.5. The third-order valence-corrected chi connectivity index (χ3v) is 4.10. The molecule has 2 aromatic carbocycles. The van der Waals surface area contributed by atoms with Crippen LogP contribution in [0.4, 0.5) is 5.69 Å². The van der Waals surface area contributed by atoms with Crippen LogP contribution in [0.2, 0.25) is 0 Å². The van der Waals surface area contributed by atoms with Gasteiger partial charge in [-0.05, 0) is 42.3 Å². The second kappa shape index (κ2) is 7.21. The number of para-hydroxylation sites is 1. The number of nitrogens with one attached hydrogen (secondary N) is 1. The third-order valence-electron chi connectivity index (χ3n) is 4.10. The quantitative estimate of drug-likeness (QED) is 0.777. The molecule has 0 bridgehead atoms. The first-order chi connectivity index (χ1) is 12.1. The summed E-state index contributed by atoms with van der Waals surface area (Å²) in [5.74, 6) is 0.0121. The topological polar surface area (TPSA) is 50.2 Å². The maximum absolute atomic E-state index is 12.3. The first-order valence-electron chi connectivity index (χ1n) is 8.20. The molecule has 128 valence electrons. The van der Waals surface area contributed by atoms with Crippen molar-refractivity contribution in [1.29, 1.82) is 0 Å². The minimum atomic E-state index is 0.0121. The number of carbonyl (C=O) groups excluding carboxylic acids is 1. The monoisotopic (exact) mass is 334 g/mol. The lowest BCUT2D eigenvalue weighted by molar-refractivity contribution is 0.0827. The van der Waals surface area contributed by atoms with Gasteiger partial charge in [-0.3, -0.25) is 4.79 Å². The molecular formula is C20H22N4O. The van der Waals surface area contributed by atoms with E-state index in [0.29, 0.717) is 6.54 Å². The molecule has 1 N–H and O–H groups in total. The van der Waals surface area contributed by atoms with Gasteiger partial charge in [0.2, 0.25) is 0 Å². The van der Waals surface area contributed by atoms with Crippen molar-refractivity contribution in [2.75, 3.05) is 19.4 Å². The van der Waals surface area contributed by atoms with E-state index in [1.165, 1.54) is 0 Å². The van der Waals surface area contributed by atoms with Gasteiger partial charge in [-0.15, -0.1) is 0 Å². The zero-order valence-electron chi connectivity index (χ0n) is 14.7. The zero-order chi connectivity index (χ0) is 17.8. The number of aryl methyl sites for hydroxylation is 1. The van der Waals surface area contributed by atoms with Crippen molar-refractivity contribution in [3.63, 3.8) is 0 Å². The lowest BCUT2D eigenvalue weighted by Crippen LogP contribution is -2.22. The minimum Gasteiger partial charge on any atom is -0.381 e. The van der Waals surface area contributed by atoms with Crippen molar-refractivity contribution in [2.45, 2.75) is 13.5 Å². The molecule has 0 saturated carbocycles. The first kappa shape index (κ1) is 16.8. The number of hydrogen-bond acceptors (Lipinski definition) is 3. The van der Waals surface area contributed by atoms with Gasteiger partial charge in [0.05, 0.1) is 5.69 Å². The SMILES string of the molecule is Cc1ccc(NCc2ccccc2-n2cccn2)cc1C(=O)N(C)C. The fourth-order valence-corrected chi connectivity index (χ4v) is 2.70. The van der Waals surface area contributed by atoms with Crippen LogP contribution < -0.4 is 5.32 Å². The van der Waals surface area contributed by atoms with Gasteiger partial charge in [-0.2, -0.15) is 5.10 Å². The molecule has 5 heteroatoms. The van der Waals surface area contributed by atoms with Crippen molar-refractivity contribution in [3.8, 4) is 5.69 Å². The van der Waals surface area contributed by atoms with Crippen molar-refractivity contribution in [1.82, 2.24) is 14.7 Å². The van der Waals surface area contributed by atoms with Gasteiger partial charge in [0, 0.05) is 44.3 Å². The highest BCUT2D eigenvalue weighted by Gasteiger charge is 2.12. The van der Waals surface area contributed by atoms with Crippen LogP contribution in [0.3, 0.4) is 0 Å². The Morgan fingerprint density at radius 2 is 1.96 bits per heavy atom. The van der Waals surface area contributed by atoms with Crippen molar-refractivity contribution < 1.29 is 4.79 Å². The molecule has 0 unspecified atom stereocenters. The summed E-state index contributed by atoms with van der Waals surface area (Å²) in [5.41, 5.74) is 4.78. The summed E-state index contributed by atoms with van der Waals surface area (Å²) in [6, 6.07) is 15.9. The van der Waals surface area contributed by atoms with Crippen LogP contribution in [0.15, 0.2) is 60.9 Å². The molecular weight excluding hydrogens is 312 g/mol. The van der Waals surface area contributed by atoms with Gasteiger partial charge in [0.1, 0.15) is 0 Å². The lowest BCUT2D eigenvalue weighted by Gasteiger charge is -2.15. The summed E-state index contributed by atoms with van der Waals surface area (Å²) in [6.07, 6.45) is 3.70. The molecule has 0 spiro atoms. The molecule has 0 radical (unpaired) electrons. The fraction of sp³-hybridized carbons (Fsp3) is 0.200. The molecule has 25 heavy (non-hydrogen) atoms. The average molecular weight is 334 g/mol. The molecule has 3 aromatic rings. The Balaban J connectivity index is 1.81. The average Bonchev–Trinajstić information content (AvgIpc) is 3.15. The Morgan fingerprint density at radius 1 is 1.16 bits per heavy atom. The van der Waals surface area contributed by atoms with E-state index in [2.05, 4.69) is 16.5 Å². The molecule has 0 aliphatic rings. The number of hydrogen-bond donors (Lipinski definition) is 1. The summed E-state index contributed by atoms with van der Waals surface area (Å²) in [6.45, 7) is 2.60. The van der Waals surface area contributed by atoms with E-state index in [0.717, 1.165) is 28.1 Å². The number of aromatic nitrogens is 2. The largest absolute Gasteiger partial charge is 0.381 e. The van der Waals surface area contributed by atoms with E-state index in [1.807, 2.05) is 60.3 Å². The van der Waals surface area contributed by atoms with Crippen LogP contribution in [-0.4, -0.2) is 34.7 Å². The zero-order valence-corrected chi connectivity index (χ0v) is 14.7. The summed E-state index contributed by atoms with van der Waals surface area (Å²) < 4.78 is 1.85. The second-order valence-corrected chi connectivity index (χ2v) is 6.16.